The fourth-order valence-corrected chi connectivity index (χ4v) is 1.37. The van der Waals surface area contributed by atoms with E-state index in [0.29, 0.717) is 11.3 Å². The van der Waals surface area contributed by atoms with Crippen LogP contribution in [-0.2, 0) is 7.05 Å². The van der Waals surface area contributed by atoms with Crippen molar-refractivity contribution in [2.24, 2.45) is 7.05 Å². The van der Waals surface area contributed by atoms with Gasteiger partial charge in [-0.15, -0.1) is 0 Å². The number of aromatic nitrogens is 2. The molecule has 1 N–H and O–H groups in total. The Kier molecular flexibility index (Phi) is 2.44. The van der Waals surface area contributed by atoms with Crippen LogP contribution in [0.15, 0.2) is 39.9 Å². The molecule has 0 bridgehead atoms. The zero-order chi connectivity index (χ0) is 11.7. The minimum atomic E-state index is -0.522. The van der Waals surface area contributed by atoms with E-state index in [2.05, 4.69) is 4.98 Å². The van der Waals surface area contributed by atoms with E-state index in [1.807, 2.05) is 0 Å². The van der Waals surface area contributed by atoms with Crippen molar-refractivity contribution < 1.29 is 4.39 Å². The Morgan fingerprint density at radius 1 is 1.25 bits per heavy atom. The van der Waals surface area contributed by atoms with Crippen molar-refractivity contribution in [2.45, 2.75) is 0 Å². The molecule has 0 aliphatic carbocycles. The summed E-state index contributed by atoms with van der Waals surface area (Å²) >= 11 is 0. The van der Waals surface area contributed by atoms with Gasteiger partial charge < -0.3 is 4.98 Å². The van der Waals surface area contributed by atoms with Crippen LogP contribution in [0.4, 0.5) is 4.39 Å². The largest absolute Gasteiger partial charge is 0.328 e. The van der Waals surface area contributed by atoms with E-state index in [-0.39, 0.29) is 0 Å². The predicted molar refractivity (Wildman–Crippen MR) is 57.7 cm³/mol. The molecular weight excluding hydrogens is 211 g/mol. The maximum absolute atomic E-state index is 13.0. The number of nitrogens with zero attached hydrogens (tertiary/aromatic N) is 1. The van der Waals surface area contributed by atoms with Gasteiger partial charge in [-0.2, -0.15) is 0 Å². The van der Waals surface area contributed by atoms with Crippen molar-refractivity contribution in [3.8, 4) is 11.3 Å². The van der Waals surface area contributed by atoms with E-state index in [0.717, 1.165) is 4.57 Å². The van der Waals surface area contributed by atoms with Gasteiger partial charge in [0.1, 0.15) is 5.82 Å². The quantitative estimate of drug-likeness (QED) is 0.775. The number of hydrogen-bond donors (Lipinski definition) is 1. The van der Waals surface area contributed by atoms with Crippen molar-refractivity contribution in [3.63, 3.8) is 0 Å². The first kappa shape index (κ1) is 10.4. The van der Waals surface area contributed by atoms with Gasteiger partial charge in [0.2, 0.25) is 0 Å². The van der Waals surface area contributed by atoms with E-state index in [9.17, 15) is 14.0 Å². The van der Waals surface area contributed by atoms with Gasteiger partial charge in [0.15, 0.2) is 0 Å². The molecule has 0 saturated heterocycles. The van der Waals surface area contributed by atoms with Gasteiger partial charge in [-0.25, -0.2) is 9.18 Å². The molecule has 0 unspecified atom stereocenters. The Bertz CT molecular complexity index is 612. The van der Waals surface area contributed by atoms with Crippen molar-refractivity contribution >= 4 is 0 Å². The maximum Gasteiger partial charge on any atom is 0.328 e. The van der Waals surface area contributed by atoms with Gasteiger partial charge in [-0.3, -0.25) is 9.36 Å². The molecule has 0 atom stereocenters. The van der Waals surface area contributed by atoms with Crippen molar-refractivity contribution in [1.82, 2.24) is 9.55 Å². The lowest BCUT2D eigenvalue weighted by molar-refractivity contribution is 0.628. The molecular formula is C11H9FN2O2. The molecule has 82 valence electrons. The number of benzene rings is 1. The van der Waals surface area contributed by atoms with Gasteiger partial charge in [0.05, 0.1) is 5.69 Å². The Hall–Kier alpha value is -2.17. The van der Waals surface area contributed by atoms with Crippen molar-refractivity contribution in [1.29, 1.82) is 0 Å². The van der Waals surface area contributed by atoms with Gasteiger partial charge >= 0.3 is 5.69 Å². The summed E-state index contributed by atoms with van der Waals surface area (Å²) in [6.45, 7) is 0. The molecule has 0 radical (unpaired) electrons. The summed E-state index contributed by atoms with van der Waals surface area (Å²) in [4.78, 5) is 25.2. The van der Waals surface area contributed by atoms with E-state index >= 15 is 0 Å². The lowest BCUT2D eigenvalue weighted by atomic mass is 10.1. The normalized spacial score (nSPS) is 10.4. The molecule has 2 aromatic rings. The average molecular weight is 220 g/mol. The first-order valence-corrected chi connectivity index (χ1v) is 4.64. The number of halogens is 1. The molecule has 0 saturated carbocycles. The fourth-order valence-electron chi connectivity index (χ4n) is 1.37. The van der Waals surface area contributed by atoms with Crippen LogP contribution in [0.1, 0.15) is 0 Å². The van der Waals surface area contributed by atoms with E-state index < -0.39 is 17.1 Å². The molecule has 16 heavy (non-hydrogen) atoms. The van der Waals surface area contributed by atoms with Crippen LogP contribution >= 0.6 is 0 Å². The molecule has 2 rings (SSSR count). The molecule has 0 aliphatic rings. The van der Waals surface area contributed by atoms with Gasteiger partial charge in [-0.1, -0.05) is 12.1 Å². The Morgan fingerprint density at radius 2 is 2.00 bits per heavy atom. The minimum absolute atomic E-state index is 0.313. The molecule has 5 heteroatoms. The summed E-state index contributed by atoms with van der Waals surface area (Å²) in [5.41, 5.74) is -0.169. The zero-order valence-electron chi connectivity index (χ0n) is 8.53. The highest BCUT2D eigenvalue weighted by molar-refractivity contribution is 5.58. The first-order chi connectivity index (χ1) is 7.58. The summed E-state index contributed by atoms with van der Waals surface area (Å²) in [5, 5.41) is 0. The lowest BCUT2D eigenvalue weighted by Crippen LogP contribution is -2.32. The predicted octanol–water partition coefficient (Wildman–Crippen LogP) is 0.880. The molecule has 0 fully saturated rings. The smallest absolute Gasteiger partial charge is 0.307 e. The summed E-state index contributed by atoms with van der Waals surface area (Å²) < 4.78 is 13.9. The summed E-state index contributed by atoms with van der Waals surface area (Å²) in [6, 6.07) is 6.94. The number of nitrogens with one attached hydrogen (secondary N) is 1. The third-order valence-corrected chi connectivity index (χ3v) is 2.28. The molecule has 0 amide bonds. The molecule has 0 spiro atoms. The van der Waals surface area contributed by atoms with Gasteiger partial charge in [0.25, 0.3) is 5.56 Å². The number of aromatic amines is 1. The third kappa shape index (κ3) is 1.79. The van der Waals surface area contributed by atoms with E-state index in [4.69, 9.17) is 0 Å². The molecule has 1 aromatic carbocycles. The second kappa shape index (κ2) is 3.77. The molecule has 4 nitrogen and oxygen atoms in total. The summed E-state index contributed by atoms with van der Waals surface area (Å²) in [5.74, 6) is -0.418. The van der Waals surface area contributed by atoms with Crippen LogP contribution in [0.2, 0.25) is 0 Å². The van der Waals surface area contributed by atoms with Crippen LogP contribution in [0.5, 0.6) is 0 Å². The topological polar surface area (TPSA) is 54.9 Å². The van der Waals surface area contributed by atoms with Crippen LogP contribution in [-0.4, -0.2) is 9.55 Å². The average Bonchev–Trinajstić information content (AvgIpc) is 2.25. The molecule has 1 aromatic heterocycles. The van der Waals surface area contributed by atoms with E-state index in [1.165, 1.54) is 31.3 Å². The zero-order valence-corrected chi connectivity index (χ0v) is 8.53. The van der Waals surface area contributed by atoms with Crippen LogP contribution < -0.4 is 11.2 Å². The Labute approximate surface area is 90.0 Å². The summed E-state index contributed by atoms with van der Waals surface area (Å²) in [7, 11) is 1.37. The van der Waals surface area contributed by atoms with Crippen LogP contribution in [0, 0.1) is 5.82 Å². The monoisotopic (exact) mass is 220 g/mol. The van der Waals surface area contributed by atoms with E-state index in [1.54, 1.807) is 6.07 Å². The van der Waals surface area contributed by atoms with Gasteiger partial charge in [0, 0.05) is 18.7 Å². The third-order valence-electron chi connectivity index (χ3n) is 2.28. The summed E-state index contributed by atoms with van der Waals surface area (Å²) in [6.07, 6.45) is 0. The number of H-pyrrole nitrogens is 1. The highest BCUT2D eigenvalue weighted by Gasteiger charge is 2.03. The fraction of sp³-hybridized carbons (Fsp3) is 0.0909. The Morgan fingerprint density at radius 3 is 2.62 bits per heavy atom. The lowest BCUT2D eigenvalue weighted by Gasteiger charge is -2.02. The second-order valence-electron chi connectivity index (χ2n) is 3.40. The van der Waals surface area contributed by atoms with Gasteiger partial charge in [-0.05, 0) is 12.1 Å². The van der Waals surface area contributed by atoms with Crippen LogP contribution in [0.25, 0.3) is 11.3 Å². The number of hydrogen-bond acceptors (Lipinski definition) is 2. The highest BCUT2D eigenvalue weighted by Crippen LogP contribution is 2.14. The SMILES string of the molecule is Cn1c(=O)cc(-c2cccc(F)c2)[nH]c1=O. The van der Waals surface area contributed by atoms with Crippen molar-refractivity contribution in [2.75, 3.05) is 0 Å². The first-order valence-electron chi connectivity index (χ1n) is 4.64. The minimum Gasteiger partial charge on any atom is -0.307 e. The second-order valence-corrected chi connectivity index (χ2v) is 3.40. The molecule has 0 aliphatic heterocycles. The molecule has 1 heterocycles. The van der Waals surface area contributed by atoms with Crippen molar-refractivity contribution in [3.05, 3.63) is 57.0 Å². The Balaban J connectivity index is 2.66. The standard InChI is InChI=1S/C11H9FN2O2/c1-14-10(15)6-9(13-11(14)16)7-3-2-4-8(12)5-7/h2-6H,1H3,(H,13,16). The van der Waals surface area contributed by atoms with Crippen LogP contribution in [0.3, 0.4) is 0 Å². The number of rotatable bonds is 1. The highest BCUT2D eigenvalue weighted by atomic mass is 19.1. The maximum atomic E-state index is 13.0.